The lowest BCUT2D eigenvalue weighted by atomic mass is 9.97. The highest BCUT2D eigenvalue weighted by Crippen LogP contribution is 2.34. The molecule has 1 aromatic heterocycles. The van der Waals surface area contributed by atoms with Crippen molar-refractivity contribution in [2.45, 2.75) is 13.0 Å². The summed E-state index contributed by atoms with van der Waals surface area (Å²) in [7, 11) is 1.65. The lowest BCUT2D eigenvalue weighted by Gasteiger charge is -2.25. The van der Waals surface area contributed by atoms with E-state index in [9.17, 15) is 4.79 Å². The molecule has 1 aliphatic heterocycles. The van der Waals surface area contributed by atoms with Crippen LogP contribution in [0, 0.1) is 0 Å². The molecule has 0 aliphatic carbocycles. The maximum absolute atomic E-state index is 12.6. The van der Waals surface area contributed by atoms with E-state index in [1.807, 2.05) is 48.5 Å². The number of aromatic nitrogens is 2. The molecule has 0 saturated heterocycles. The van der Waals surface area contributed by atoms with Crippen LogP contribution in [0.15, 0.2) is 57.8 Å². The number of halogens is 1. The molecule has 0 radical (unpaired) electrons. The van der Waals surface area contributed by atoms with Crippen molar-refractivity contribution >= 4 is 27.4 Å². The van der Waals surface area contributed by atoms with Crippen LogP contribution in [0.5, 0.6) is 5.75 Å². The molecule has 2 N–H and O–H groups in total. The van der Waals surface area contributed by atoms with Crippen LogP contribution in [-0.4, -0.2) is 16.7 Å². The zero-order chi connectivity index (χ0) is 18.3. The third-order valence-electron chi connectivity index (χ3n) is 4.55. The van der Waals surface area contributed by atoms with Crippen molar-refractivity contribution in [3.8, 4) is 17.0 Å². The summed E-state index contributed by atoms with van der Waals surface area (Å²) in [5, 5.41) is 1.42. The Balaban J connectivity index is 1.85. The minimum Gasteiger partial charge on any atom is -0.497 e. The Morgan fingerprint density at radius 3 is 2.81 bits per heavy atom. The van der Waals surface area contributed by atoms with Gasteiger partial charge >= 0.3 is 5.69 Å². The van der Waals surface area contributed by atoms with E-state index in [1.165, 1.54) is 5.01 Å². The molecule has 7 heteroatoms. The first-order valence-corrected chi connectivity index (χ1v) is 8.96. The molecule has 4 rings (SSSR count). The summed E-state index contributed by atoms with van der Waals surface area (Å²) in [6.07, 6.45) is 0.761. The molecule has 2 heterocycles. The predicted octanol–water partition coefficient (Wildman–Crippen LogP) is 3.25. The number of nitrogens with two attached hydrogens (primary N) is 1. The van der Waals surface area contributed by atoms with Gasteiger partial charge in [0.25, 0.3) is 0 Å². The van der Waals surface area contributed by atoms with E-state index in [4.69, 9.17) is 10.6 Å². The fourth-order valence-corrected chi connectivity index (χ4v) is 3.69. The van der Waals surface area contributed by atoms with Gasteiger partial charge in [-0.25, -0.2) is 10.6 Å². The average Bonchev–Trinajstić information content (AvgIpc) is 2.67. The average molecular weight is 413 g/mol. The number of hydrogen-bond donors (Lipinski definition) is 1. The lowest BCUT2D eigenvalue weighted by Crippen LogP contribution is -2.33. The Morgan fingerprint density at radius 2 is 2.04 bits per heavy atom. The van der Waals surface area contributed by atoms with Crippen molar-refractivity contribution < 1.29 is 4.74 Å². The number of para-hydroxylation sites is 1. The summed E-state index contributed by atoms with van der Waals surface area (Å²) in [6.45, 7) is 0.585. The first-order chi connectivity index (χ1) is 12.6. The summed E-state index contributed by atoms with van der Waals surface area (Å²) in [5.74, 6) is 7.47. The highest BCUT2D eigenvalue weighted by atomic mass is 79.9. The minimum absolute atomic E-state index is 0.304. The Morgan fingerprint density at radius 1 is 1.23 bits per heavy atom. The molecule has 0 spiro atoms. The standard InChI is InChI=1S/C19H17BrN4O2/c1-26-13-6-7-14-12(10-13)8-9-23-17(14)11-18(22-19(23)25)24(21)16-5-3-2-4-15(16)20/h2-7,10-11H,8-9,21H2,1H3. The van der Waals surface area contributed by atoms with Gasteiger partial charge in [0, 0.05) is 22.6 Å². The number of methoxy groups -OCH3 is 1. The van der Waals surface area contributed by atoms with Crippen LogP contribution in [0.3, 0.4) is 0 Å². The third kappa shape index (κ3) is 2.79. The molecule has 0 unspecified atom stereocenters. The number of aryl methyl sites for hydroxylation is 1. The molecule has 0 atom stereocenters. The van der Waals surface area contributed by atoms with Gasteiger partial charge in [-0.15, -0.1) is 0 Å². The zero-order valence-electron chi connectivity index (χ0n) is 14.1. The summed E-state index contributed by atoms with van der Waals surface area (Å²) >= 11 is 3.48. The second-order valence-corrected chi connectivity index (χ2v) is 6.88. The van der Waals surface area contributed by atoms with Gasteiger partial charge in [0.1, 0.15) is 5.75 Å². The number of nitrogens with zero attached hydrogens (tertiary/aromatic N) is 3. The fourth-order valence-electron chi connectivity index (χ4n) is 3.21. The number of hydrazine groups is 1. The molecule has 0 bridgehead atoms. The van der Waals surface area contributed by atoms with E-state index in [-0.39, 0.29) is 5.69 Å². The fraction of sp³-hybridized carbons (Fsp3) is 0.158. The van der Waals surface area contributed by atoms with Crippen molar-refractivity contribution in [2.24, 2.45) is 5.84 Å². The summed E-state index contributed by atoms with van der Waals surface area (Å²) in [6, 6.07) is 15.3. The smallest absolute Gasteiger partial charge is 0.350 e. The lowest BCUT2D eigenvalue weighted by molar-refractivity contribution is 0.414. The van der Waals surface area contributed by atoms with Gasteiger partial charge in [-0.3, -0.25) is 9.58 Å². The first-order valence-electron chi connectivity index (χ1n) is 8.17. The van der Waals surface area contributed by atoms with E-state index >= 15 is 0 Å². The number of benzene rings is 2. The van der Waals surface area contributed by atoms with Crippen LogP contribution in [-0.2, 0) is 13.0 Å². The van der Waals surface area contributed by atoms with E-state index in [2.05, 4.69) is 20.9 Å². The van der Waals surface area contributed by atoms with Gasteiger partial charge in [-0.1, -0.05) is 12.1 Å². The van der Waals surface area contributed by atoms with Crippen LogP contribution in [0.1, 0.15) is 5.56 Å². The molecular weight excluding hydrogens is 396 g/mol. The summed E-state index contributed by atoms with van der Waals surface area (Å²) in [5.41, 5.74) is 3.38. The van der Waals surface area contributed by atoms with Crippen LogP contribution < -0.4 is 21.3 Å². The Bertz CT molecular complexity index is 1050. The number of fused-ring (bicyclic) bond motifs is 3. The second kappa shape index (κ2) is 6.59. The minimum atomic E-state index is -0.304. The topological polar surface area (TPSA) is 73.4 Å². The van der Waals surface area contributed by atoms with Crippen molar-refractivity contribution in [1.29, 1.82) is 0 Å². The van der Waals surface area contributed by atoms with E-state index in [0.29, 0.717) is 12.4 Å². The van der Waals surface area contributed by atoms with Crippen molar-refractivity contribution in [1.82, 2.24) is 9.55 Å². The van der Waals surface area contributed by atoms with Gasteiger partial charge in [-0.05, 0) is 58.2 Å². The molecule has 26 heavy (non-hydrogen) atoms. The summed E-state index contributed by atoms with van der Waals surface area (Å²) < 4.78 is 7.82. The number of hydrogen-bond acceptors (Lipinski definition) is 5. The quantitative estimate of drug-likeness (QED) is 0.527. The second-order valence-electron chi connectivity index (χ2n) is 6.03. The highest BCUT2D eigenvalue weighted by Gasteiger charge is 2.21. The Hall–Kier alpha value is -2.64. The third-order valence-corrected chi connectivity index (χ3v) is 5.22. The van der Waals surface area contributed by atoms with E-state index < -0.39 is 0 Å². The van der Waals surface area contributed by atoms with Crippen LogP contribution in [0.25, 0.3) is 11.3 Å². The van der Waals surface area contributed by atoms with Crippen LogP contribution >= 0.6 is 15.9 Å². The van der Waals surface area contributed by atoms with Gasteiger partial charge in [0.15, 0.2) is 5.82 Å². The van der Waals surface area contributed by atoms with Gasteiger partial charge < -0.3 is 4.74 Å². The zero-order valence-corrected chi connectivity index (χ0v) is 15.7. The van der Waals surface area contributed by atoms with Crippen molar-refractivity contribution in [2.75, 3.05) is 12.1 Å². The van der Waals surface area contributed by atoms with Crippen molar-refractivity contribution in [3.63, 3.8) is 0 Å². The summed E-state index contributed by atoms with van der Waals surface area (Å²) in [4.78, 5) is 16.7. The van der Waals surface area contributed by atoms with Gasteiger partial charge in [0.2, 0.25) is 0 Å². The first kappa shape index (κ1) is 16.8. The van der Waals surface area contributed by atoms with Crippen LogP contribution in [0.2, 0.25) is 0 Å². The molecule has 0 amide bonds. The van der Waals surface area contributed by atoms with E-state index in [1.54, 1.807) is 11.7 Å². The Kier molecular flexibility index (Phi) is 4.26. The molecule has 2 aromatic carbocycles. The predicted molar refractivity (Wildman–Crippen MR) is 105 cm³/mol. The van der Waals surface area contributed by atoms with Crippen molar-refractivity contribution in [3.05, 3.63) is 69.1 Å². The normalized spacial score (nSPS) is 12.3. The van der Waals surface area contributed by atoms with Gasteiger partial charge in [0.05, 0.1) is 18.5 Å². The van der Waals surface area contributed by atoms with E-state index in [0.717, 1.165) is 39.2 Å². The number of rotatable bonds is 3. The molecule has 0 fully saturated rings. The highest BCUT2D eigenvalue weighted by molar-refractivity contribution is 9.10. The largest absolute Gasteiger partial charge is 0.497 e. The maximum atomic E-state index is 12.6. The van der Waals surface area contributed by atoms with Crippen LogP contribution in [0.4, 0.5) is 11.5 Å². The molecular formula is C19H17BrN4O2. The van der Waals surface area contributed by atoms with Gasteiger partial charge in [-0.2, -0.15) is 4.98 Å². The SMILES string of the molecule is COc1ccc2c(c1)CCn1c-2cc(N(N)c2ccccc2Br)nc1=O. The number of anilines is 2. The maximum Gasteiger partial charge on any atom is 0.350 e. The molecule has 3 aromatic rings. The monoisotopic (exact) mass is 412 g/mol. The molecule has 0 saturated carbocycles. The Labute approximate surface area is 158 Å². The molecule has 1 aliphatic rings. The molecule has 6 nitrogen and oxygen atoms in total. The molecule has 132 valence electrons. The number of ether oxygens (including phenoxy) is 1.